The van der Waals surface area contributed by atoms with Crippen LogP contribution in [0.15, 0.2) is 36.4 Å². The van der Waals surface area contributed by atoms with Crippen LogP contribution in [0.1, 0.15) is 73.1 Å². The SMILES string of the molecule is C=C(C)C(=O)OOC(=O)c1ccccc1C(=O)OCCCCCCCC. The molecular weight excluding hydrogens is 336 g/mol. The lowest BCUT2D eigenvalue weighted by Gasteiger charge is -2.09. The number of benzene rings is 1. The van der Waals surface area contributed by atoms with Gasteiger partial charge in [-0.25, -0.2) is 24.2 Å². The molecule has 0 N–H and O–H groups in total. The van der Waals surface area contributed by atoms with Gasteiger partial charge in [-0.1, -0.05) is 57.7 Å². The average molecular weight is 362 g/mol. The first kappa shape index (κ1) is 21.4. The van der Waals surface area contributed by atoms with Gasteiger partial charge in [-0.3, -0.25) is 0 Å². The van der Waals surface area contributed by atoms with Gasteiger partial charge in [0.2, 0.25) is 0 Å². The molecule has 0 aliphatic heterocycles. The van der Waals surface area contributed by atoms with Crippen LogP contribution in [0.3, 0.4) is 0 Å². The molecule has 0 radical (unpaired) electrons. The number of unbranched alkanes of at least 4 members (excludes halogenated alkanes) is 5. The predicted molar refractivity (Wildman–Crippen MR) is 96.4 cm³/mol. The van der Waals surface area contributed by atoms with Crippen LogP contribution in [0.2, 0.25) is 0 Å². The van der Waals surface area contributed by atoms with E-state index in [1.165, 1.54) is 38.3 Å². The van der Waals surface area contributed by atoms with E-state index in [0.717, 1.165) is 19.3 Å². The van der Waals surface area contributed by atoms with E-state index >= 15 is 0 Å². The molecule has 0 aliphatic carbocycles. The molecule has 0 saturated carbocycles. The van der Waals surface area contributed by atoms with E-state index in [-0.39, 0.29) is 16.7 Å². The fourth-order valence-electron chi connectivity index (χ4n) is 2.16. The summed E-state index contributed by atoms with van der Waals surface area (Å²) in [5, 5.41) is 0. The van der Waals surface area contributed by atoms with Crippen LogP contribution in [-0.2, 0) is 19.3 Å². The number of hydrogen-bond donors (Lipinski definition) is 0. The zero-order valence-corrected chi connectivity index (χ0v) is 15.4. The average Bonchev–Trinajstić information content (AvgIpc) is 2.64. The van der Waals surface area contributed by atoms with E-state index in [1.54, 1.807) is 12.1 Å². The molecule has 142 valence electrons. The minimum atomic E-state index is -0.952. The molecule has 0 atom stereocenters. The highest BCUT2D eigenvalue weighted by Gasteiger charge is 2.21. The van der Waals surface area contributed by atoms with E-state index in [2.05, 4.69) is 23.3 Å². The minimum absolute atomic E-state index is 0.0324. The first-order valence-corrected chi connectivity index (χ1v) is 8.82. The molecular formula is C20H26O6. The van der Waals surface area contributed by atoms with Crippen LogP contribution in [0.4, 0.5) is 0 Å². The minimum Gasteiger partial charge on any atom is -0.462 e. The van der Waals surface area contributed by atoms with Gasteiger partial charge in [0.15, 0.2) is 0 Å². The molecule has 0 fully saturated rings. The quantitative estimate of drug-likeness (QED) is 0.202. The van der Waals surface area contributed by atoms with Gasteiger partial charge in [0.05, 0.1) is 17.7 Å². The normalized spacial score (nSPS) is 10.1. The number of carbonyl (C=O) groups excluding carboxylic acids is 3. The van der Waals surface area contributed by atoms with Gasteiger partial charge in [0.25, 0.3) is 0 Å². The lowest BCUT2D eigenvalue weighted by molar-refractivity contribution is -0.229. The summed E-state index contributed by atoms with van der Waals surface area (Å²) in [4.78, 5) is 44.3. The Morgan fingerprint density at radius 1 is 0.885 bits per heavy atom. The summed E-state index contributed by atoms with van der Waals surface area (Å²) in [5.41, 5.74) is 0.120. The number of rotatable bonds is 10. The van der Waals surface area contributed by atoms with Gasteiger partial charge in [0.1, 0.15) is 0 Å². The maximum atomic E-state index is 12.2. The van der Waals surface area contributed by atoms with Crippen LogP contribution in [0.5, 0.6) is 0 Å². The van der Waals surface area contributed by atoms with Crippen LogP contribution in [0, 0.1) is 0 Å². The summed E-state index contributed by atoms with van der Waals surface area (Å²) in [6.45, 7) is 7.24. The second-order valence-electron chi connectivity index (χ2n) is 5.97. The third-order valence-corrected chi connectivity index (χ3v) is 3.64. The summed E-state index contributed by atoms with van der Waals surface area (Å²) in [6, 6.07) is 6.04. The van der Waals surface area contributed by atoms with Gasteiger partial charge in [-0.15, -0.1) is 0 Å². The zero-order chi connectivity index (χ0) is 19.4. The Bertz CT molecular complexity index is 635. The van der Waals surface area contributed by atoms with Crippen molar-refractivity contribution < 1.29 is 28.9 Å². The van der Waals surface area contributed by atoms with E-state index < -0.39 is 17.9 Å². The van der Waals surface area contributed by atoms with Gasteiger partial charge >= 0.3 is 17.9 Å². The maximum absolute atomic E-state index is 12.2. The van der Waals surface area contributed by atoms with E-state index in [4.69, 9.17) is 4.74 Å². The molecule has 0 aliphatic rings. The van der Waals surface area contributed by atoms with Crippen LogP contribution >= 0.6 is 0 Å². The Kier molecular flexibility index (Phi) is 9.75. The first-order valence-electron chi connectivity index (χ1n) is 8.82. The highest BCUT2D eigenvalue weighted by molar-refractivity contribution is 6.03. The molecule has 6 nitrogen and oxygen atoms in total. The Hall–Kier alpha value is -2.63. The number of esters is 1. The molecule has 1 aromatic rings. The van der Waals surface area contributed by atoms with Crippen molar-refractivity contribution in [3.63, 3.8) is 0 Å². The topological polar surface area (TPSA) is 78.9 Å². The second kappa shape index (κ2) is 11.8. The Balaban J connectivity index is 2.53. The highest BCUT2D eigenvalue weighted by atomic mass is 17.2. The molecule has 1 aromatic carbocycles. The highest BCUT2D eigenvalue weighted by Crippen LogP contribution is 2.13. The second-order valence-corrected chi connectivity index (χ2v) is 5.97. The molecule has 0 bridgehead atoms. The van der Waals surface area contributed by atoms with E-state index in [1.807, 2.05) is 0 Å². The van der Waals surface area contributed by atoms with Gasteiger partial charge in [-0.05, 0) is 25.5 Å². The smallest absolute Gasteiger partial charge is 0.387 e. The van der Waals surface area contributed by atoms with Gasteiger partial charge in [-0.2, -0.15) is 0 Å². The van der Waals surface area contributed by atoms with Crippen LogP contribution < -0.4 is 0 Å². The molecule has 0 saturated heterocycles. The number of ether oxygens (including phenoxy) is 1. The molecule has 1 rings (SSSR count). The lowest BCUT2D eigenvalue weighted by Crippen LogP contribution is -2.16. The fourth-order valence-corrected chi connectivity index (χ4v) is 2.16. The molecule has 0 aromatic heterocycles. The zero-order valence-electron chi connectivity index (χ0n) is 15.4. The van der Waals surface area contributed by atoms with Crippen molar-refractivity contribution in [3.8, 4) is 0 Å². The number of carbonyl (C=O) groups is 3. The standard InChI is InChI=1S/C20H26O6/c1-4-5-6-7-8-11-14-24-19(22)16-12-9-10-13-17(16)20(23)26-25-18(21)15(2)3/h9-10,12-13H,2,4-8,11,14H2,1,3H3. The Morgan fingerprint density at radius 3 is 2.08 bits per heavy atom. The van der Waals surface area contributed by atoms with E-state index in [0.29, 0.717) is 6.61 Å². The summed E-state index contributed by atoms with van der Waals surface area (Å²) < 4.78 is 5.22. The summed E-state index contributed by atoms with van der Waals surface area (Å²) in [5.74, 6) is -2.43. The van der Waals surface area contributed by atoms with Gasteiger partial charge in [0, 0.05) is 5.57 Å². The Morgan fingerprint density at radius 2 is 1.46 bits per heavy atom. The van der Waals surface area contributed by atoms with Crippen molar-refractivity contribution in [3.05, 3.63) is 47.5 Å². The summed E-state index contributed by atoms with van der Waals surface area (Å²) in [7, 11) is 0. The monoisotopic (exact) mass is 362 g/mol. The maximum Gasteiger partial charge on any atom is 0.387 e. The summed E-state index contributed by atoms with van der Waals surface area (Å²) >= 11 is 0. The predicted octanol–water partition coefficient (Wildman–Crippen LogP) is 4.40. The lowest BCUT2D eigenvalue weighted by atomic mass is 10.1. The van der Waals surface area contributed by atoms with Crippen molar-refractivity contribution in [2.45, 2.75) is 52.4 Å². The van der Waals surface area contributed by atoms with Crippen molar-refractivity contribution in [2.75, 3.05) is 6.61 Å². The van der Waals surface area contributed by atoms with Crippen molar-refractivity contribution in [1.82, 2.24) is 0 Å². The fraction of sp³-hybridized carbons (Fsp3) is 0.450. The molecule has 6 heteroatoms. The molecule has 0 heterocycles. The molecule has 26 heavy (non-hydrogen) atoms. The molecule has 0 amide bonds. The number of hydrogen-bond acceptors (Lipinski definition) is 6. The van der Waals surface area contributed by atoms with Crippen molar-refractivity contribution in [1.29, 1.82) is 0 Å². The summed E-state index contributed by atoms with van der Waals surface area (Å²) in [6.07, 6.45) is 6.46. The molecule has 0 spiro atoms. The largest absolute Gasteiger partial charge is 0.462 e. The van der Waals surface area contributed by atoms with E-state index in [9.17, 15) is 14.4 Å². The first-order chi connectivity index (χ1) is 12.5. The van der Waals surface area contributed by atoms with Crippen LogP contribution in [-0.4, -0.2) is 24.5 Å². The van der Waals surface area contributed by atoms with Crippen LogP contribution in [0.25, 0.3) is 0 Å². The van der Waals surface area contributed by atoms with Gasteiger partial charge < -0.3 is 4.74 Å². The third kappa shape index (κ3) is 7.51. The Labute approximate surface area is 154 Å². The van der Waals surface area contributed by atoms with Crippen molar-refractivity contribution in [2.24, 2.45) is 0 Å². The molecule has 0 unspecified atom stereocenters. The third-order valence-electron chi connectivity index (χ3n) is 3.64. The van der Waals surface area contributed by atoms with Crippen molar-refractivity contribution >= 4 is 17.9 Å².